The molecular weight excluding hydrogens is 322 g/mol. The minimum absolute atomic E-state index is 0.0439. The molecule has 4 rings (SSSR count). The zero-order valence-electron chi connectivity index (χ0n) is 14.0. The molecule has 2 aliphatic rings. The number of likely N-dealkylation sites (tertiary alicyclic amines) is 1. The first kappa shape index (κ1) is 16.1. The Hall–Kier alpha value is -2.34. The molecule has 1 saturated heterocycles. The number of aliphatic carboxylic acids is 1. The molecule has 2 aromatic rings. The van der Waals surface area contributed by atoms with E-state index >= 15 is 0 Å². The van der Waals surface area contributed by atoms with Crippen LogP contribution in [0.15, 0.2) is 21.3 Å². The van der Waals surface area contributed by atoms with E-state index in [0.717, 1.165) is 48.6 Å². The minimum atomic E-state index is -0.851. The number of rotatable bonds is 3. The smallest absolute Gasteiger partial charge is 0.339 e. The van der Waals surface area contributed by atoms with Crippen LogP contribution in [0.1, 0.15) is 42.4 Å². The van der Waals surface area contributed by atoms with Crippen LogP contribution in [0.4, 0.5) is 0 Å². The zero-order valence-corrected chi connectivity index (χ0v) is 14.0. The molecule has 1 aromatic carbocycles. The van der Waals surface area contributed by atoms with Gasteiger partial charge >= 0.3 is 11.6 Å². The molecule has 6 nitrogen and oxygen atoms in total. The summed E-state index contributed by atoms with van der Waals surface area (Å²) in [6.07, 6.45) is 5.00. The molecular formula is C19H21NO5. The number of fused-ring (bicyclic) bond motifs is 3. The second-order valence-electron chi connectivity index (χ2n) is 6.96. The molecule has 1 atom stereocenters. The van der Waals surface area contributed by atoms with Gasteiger partial charge in [0.25, 0.3) is 0 Å². The highest BCUT2D eigenvalue weighted by molar-refractivity contribution is 5.86. The number of phenolic OH excluding ortho intramolecular Hbond substituents is 1. The lowest BCUT2D eigenvalue weighted by atomic mass is 9.90. The Kier molecular flexibility index (Phi) is 4.00. The second kappa shape index (κ2) is 6.19. The number of phenols is 1. The summed E-state index contributed by atoms with van der Waals surface area (Å²) in [5.74, 6) is -0.807. The first-order chi connectivity index (χ1) is 12.1. The third-order valence-electron chi connectivity index (χ3n) is 5.48. The van der Waals surface area contributed by atoms with Gasteiger partial charge in [0.15, 0.2) is 0 Å². The van der Waals surface area contributed by atoms with Crippen LogP contribution in [-0.2, 0) is 24.2 Å². The summed E-state index contributed by atoms with van der Waals surface area (Å²) in [6.45, 7) is 0.920. The number of carbonyl (C=O) groups is 1. The average Bonchev–Trinajstić information content (AvgIpc) is 3.06. The van der Waals surface area contributed by atoms with Crippen LogP contribution in [-0.4, -0.2) is 33.7 Å². The molecule has 0 saturated carbocycles. The van der Waals surface area contributed by atoms with E-state index < -0.39 is 12.0 Å². The van der Waals surface area contributed by atoms with Crippen molar-refractivity contribution in [3.8, 4) is 5.75 Å². The quantitative estimate of drug-likeness (QED) is 0.832. The highest BCUT2D eigenvalue weighted by Gasteiger charge is 2.32. The molecule has 132 valence electrons. The van der Waals surface area contributed by atoms with E-state index in [1.165, 1.54) is 0 Å². The van der Waals surface area contributed by atoms with Gasteiger partial charge in [-0.15, -0.1) is 0 Å². The lowest BCUT2D eigenvalue weighted by Crippen LogP contribution is -2.35. The van der Waals surface area contributed by atoms with Gasteiger partial charge < -0.3 is 14.6 Å². The zero-order chi connectivity index (χ0) is 17.6. The first-order valence-electron chi connectivity index (χ1n) is 8.82. The van der Waals surface area contributed by atoms with Crippen molar-refractivity contribution in [3.63, 3.8) is 0 Å². The van der Waals surface area contributed by atoms with Gasteiger partial charge in [-0.25, -0.2) is 4.79 Å². The van der Waals surface area contributed by atoms with E-state index in [0.29, 0.717) is 24.1 Å². The van der Waals surface area contributed by atoms with E-state index in [2.05, 4.69) is 0 Å². The van der Waals surface area contributed by atoms with Crippen molar-refractivity contribution in [1.82, 2.24) is 4.90 Å². The number of carboxylic acids is 1. The molecule has 2 heterocycles. The van der Waals surface area contributed by atoms with Crippen LogP contribution < -0.4 is 5.63 Å². The average molecular weight is 343 g/mol. The van der Waals surface area contributed by atoms with Crippen LogP contribution in [0.5, 0.6) is 5.75 Å². The van der Waals surface area contributed by atoms with Crippen molar-refractivity contribution < 1.29 is 19.4 Å². The summed E-state index contributed by atoms with van der Waals surface area (Å²) in [5, 5.41) is 20.6. The maximum absolute atomic E-state index is 12.4. The van der Waals surface area contributed by atoms with Crippen molar-refractivity contribution in [1.29, 1.82) is 0 Å². The normalized spacial score (nSPS) is 20.7. The Labute approximate surface area is 144 Å². The molecule has 1 fully saturated rings. The van der Waals surface area contributed by atoms with E-state index in [-0.39, 0.29) is 17.9 Å². The van der Waals surface area contributed by atoms with Crippen molar-refractivity contribution in [2.24, 2.45) is 0 Å². The Morgan fingerprint density at radius 2 is 1.96 bits per heavy atom. The molecule has 0 bridgehead atoms. The topological polar surface area (TPSA) is 91.0 Å². The summed E-state index contributed by atoms with van der Waals surface area (Å²) < 4.78 is 5.59. The Morgan fingerprint density at radius 1 is 1.20 bits per heavy atom. The summed E-state index contributed by atoms with van der Waals surface area (Å²) in [5.41, 5.74) is 2.36. The standard InChI is InChI=1S/C19H21NO5/c21-16-8-7-12-11-4-1-2-5-13(11)19(24)25-17(12)14(16)10-20-9-3-6-15(20)18(22)23/h7-8,15,21H,1-6,9-10H2,(H,22,23)/t15-/m0/s1. The number of hydrogen-bond acceptors (Lipinski definition) is 5. The van der Waals surface area contributed by atoms with Crippen LogP contribution in [0.25, 0.3) is 11.0 Å². The Balaban J connectivity index is 1.83. The van der Waals surface area contributed by atoms with Crippen LogP contribution in [0, 0.1) is 0 Å². The van der Waals surface area contributed by atoms with Crippen LogP contribution >= 0.6 is 0 Å². The molecule has 1 aromatic heterocycles. The maximum Gasteiger partial charge on any atom is 0.339 e. The van der Waals surface area contributed by atoms with Gasteiger partial charge in [-0.3, -0.25) is 9.69 Å². The SMILES string of the molecule is O=C(O)[C@@H]1CCCN1Cc1c(O)ccc2c3c(c(=O)oc12)CCCC3. The second-order valence-corrected chi connectivity index (χ2v) is 6.96. The predicted octanol–water partition coefficient (Wildman–Crippen LogP) is 2.43. The number of carboxylic acid groups (broad SMARTS) is 1. The molecule has 2 N–H and O–H groups in total. The van der Waals surface area contributed by atoms with Gasteiger partial charge in [0.1, 0.15) is 17.4 Å². The van der Waals surface area contributed by atoms with Gasteiger partial charge in [0.05, 0.1) is 5.56 Å². The molecule has 0 unspecified atom stereocenters. The van der Waals surface area contributed by atoms with E-state index in [4.69, 9.17) is 4.42 Å². The summed E-state index contributed by atoms with van der Waals surface area (Å²) in [7, 11) is 0. The highest BCUT2D eigenvalue weighted by Crippen LogP contribution is 2.34. The van der Waals surface area contributed by atoms with Crippen LogP contribution in [0.2, 0.25) is 0 Å². The summed E-state index contributed by atoms with van der Waals surface area (Å²) >= 11 is 0. The third-order valence-corrected chi connectivity index (χ3v) is 5.48. The maximum atomic E-state index is 12.4. The summed E-state index contributed by atoms with van der Waals surface area (Å²) in [4.78, 5) is 25.6. The molecule has 1 aliphatic heterocycles. The highest BCUT2D eigenvalue weighted by atomic mass is 16.4. The minimum Gasteiger partial charge on any atom is -0.507 e. The van der Waals surface area contributed by atoms with Crippen molar-refractivity contribution >= 4 is 16.9 Å². The Bertz CT molecular complexity index is 901. The number of aryl methyl sites for hydroxylation is 1. The van der Waals surface area contributed by atoms with Crippen molar-refractivity contribution in [2.45, 2.75) is 51.1 Å². The molecule has 0 spiro atoms. The van der Waals surface area contributed by atoms with Gasteiger partial charge in [0.2, 0.25) is 0 Å². The number of hydrogen-bond donors (Lipinski definition) is 2. The predicted molar refractivity (Wildman–Crippen MR) is 91.9 cm³/mol. The van der Waals surface area contributed by atoms with E-state index in [1.54, 1.807) is 12.1 Å². The van der Waals surface area contributed by atoms with Gasteiger partial charge in [-0.05, 0) is 62.8 Å². The van der Waals surface area contributed by atoms with Crippen LogP contribution in [0.3, 0.4) is 0 Å². The first-order valence-corrected chi connectivity index (χ1v) is 8.82. The molecule has 25 heavy (non-hydrogen) atoms. The largest absolute Gasteiger partial charge is 0.507 e. The van der Waals surface area contributed by atoms with Gasteiger partial charge in [-0.1, -0.05) is 0 Å². The fourth-order valence-electron chi connectivity index (χ4n) is 4.20. The summed E-state index contributed by atoms with van der Waals surface area (Å²) in [6, 6.07) is 2.87. The third kappa shape index (κ3) is 2.70. The van der Waals surface area contributed by atoms with Crippen molar-refractivity contribution in [2.75, 3.05) is 6.54 Å². The molecule has 0 radical (unpaired) electrons. The van der Waals surface area contributed by atoms with E-state index in [9.17, 15) is 19.8 Å². The number of benzene rings is 1. The Morgan fingerprint density at radius 3 is 2.72 bits per heavy atom. The fraction of sp³-hybridized carbons (Fsp3) is 0.474. The molecule has 1 aliphatic carbocycles. The fourth-order valence-corrected chi connectivity index (χ4v) is 4.20. The monoisotopic (exact) mass is 343 g/mol. The van der Waals surface area contributed by atoms with E-state index in [1.807, 2.05) is 4.90 Å². The number of aromatic hydroxyl groups is 1. The lowest BCUT2D eigenvalue weighted by Gasteiger charge is -2.23. The van der Waals surface area contributed by atoms with Gasteiger partial charge in [-0.2, -0.15) is 0 Å². The number of nitrogens with zero attached hydrogens (tertiary/aromatic N) is 1. The lowest BCUT2D eigenvalue weighted by molar-refractivity contribution is -0.142. The van der Waals surface area contributed by atoms with Crippen molar-refractivity contribution in [3.05, 3.63) is 39.2 Å². The molecule has 6 heteroatoms. The van der Waals surface area contributed by atoms with Gasteiger partial charge in [0, 0.05) is 17.5 Å². The molecule has 0 amide bonds.